The van der Waals surface area contributed by atoms with Crippen LogP contribution >= 0.6 is 0 Å². The summed E-state index contributed by atoms with van der Waals surface area (Å²) in [5.74, 6) is 0.310. The highest BCUT2D eigenvalue weighted by atomic mass is 19.4. The number of ether oxygens (including phenoxy) is 1. The van der Waals surface area contributed by atoms with E-state index in [1.54, 1.807) is 12.1 Å². The summed E-state index contributed by atoms with van der Waals surface area (Å²) in [6, 6.07) is 9.28. The Morgan fingerprint density at radius 2 is 1.76 bits per heavy atom. The van der Waals surface area contributed by atoms with Crippen molar-refractivity contribution < 1.29 is 17.9 Å². The first-order valence-corrected chi connectivity index (χ1v) is 6.48. The van der Waals surface area contributed by atoms with Gasteiger partial charge in [0.1, 0.15) is 11.4 Å². The SMILES string of the molecule is CCc1ccc(Oc2nc(C(F)(F)F)ccc2CN)cc1. The maximum atomic E-state index is 12.7. The van der Waals surface area contributed by atoms with Crippen LogP contribution in [0.5, 0.6) is 11.6 Å². The summed E-state index contributed by atoms with van der Waals surface area (Å²) < 4.78 is 43.5. The van der Waals surface area contributed by atoms with E-state index in [1.807, 2.05) is 19.1 Å². The van der Waals surface area contributed by atoms with Crippen LogP contribution < -0.4 is 10.5 Å². The van der Waals surface area contributed by atoms with Crippen molar-refractivity contribution in [1.82, 2.24) is 4.98 Å². The zero-order valence-corrected chi connectivity index (χ0v) is 11.4. The number of alkyl halides is 3. The molecule has 3 nitrogen and oxygen atoms in total. The van der Waals surface area contributed by atoms with Crippen molar-refractivity contribution in [2.24, 2.45) is 5.73 Å². The van der Waals surface area contributed by atoms with E-state index in [4.69, 9.17) is 10.5 Å². The largest absolute Gasteiger partial charge is 0.439 e. The van der Waals surface area contributed by atoms with Crippen LogP contribution in [0, 0.1) is 0 Å². The number of aromatic nitrogens is 1. The third-order valence-electron chi connectivity index (χ3n) is 3.00. The second-order valence-corrected chi connectivity index (χ2v) is 4.46. The van der Waals surface area contributed by atoms with Crippen molar-refractivity contribution >= 4 is 0 Å². The monoisotopic (exact) mass is 296 g/mol. The van der Waals surface area contributed by atoms with Gasteiger partial charge in [0.25, 0.3) is 0 Å². The highest BCUT2D eigenvalue weighted by Crippen LogP contribution is 2.31. The van der Waals surface area contributed by atoms with Crippen molar-refractivity contribution in [1.29, 1.82) is 0 Å². The van der Waals surface area contributed by atoms with Gasteiger partial charge >= 0.3 is 6.18 Å². The quantitative estimate of drug-likeness (QED) is 0.930. The summed E-state index contributed by atoms with van der Waals surface area (Å²) in [6.45, 7) is 2.06. The predicted octanol–water partition coefficient (Wildman–Crippen LogP) is 3.91. The first-order valence-electron chi connectivity index (χ1n) is 6.48. The van der Waals surface area contributed by atoms with Crippen molar-refractivity contribution in [3.63, 3.8) is 0 Å². The van der Waals surface area contributed by atoms with Gasteiger partial charge < -0.3 is 10.5 Å². The molecule has 0 atom stereocenters. The van der Waals surface area contributed by atoms with Crippen molar-refractivity contribution in [3.05, 3.63) is 53.2 Å². The summed E-state index contributed by atoms with van der Waals surface area (Å²) in [5.41, 5.74) is 6.04. The van der Waals surface area contributed by atoms with Crippen LogP contribution in [0.2, 0.25) is 0 Å². The zero-order valence-electron chi connectivity index (χ0n) is 11.4. The van der Waals surface area contributed by atoms with E-state index >= 15 is 0 Å². The van der Waals surface area contributed by atoms with E-state index in [-0.39, 0.29) is 12.4 Å². The fourth-order valence-electron chi connectivity index (χ4n) is 1.78. The number of rotatable bonds is 4. The van der Waals surface area contributed by atoms with Gasteiger partial charge in [0.05, 0.1) is 0 Å². The molecule has 0 aliphatic rings. The van der Waals surface area contributed by atoms with Crippen molar-refractivity contribution in [3.8, 4) is 11.6 Å². The highest BCUT2D eigenvalue weighted by Gasteiger charge is 2.33. The molecule has 2 aromatic rings. The van der Waals surface area contributed by atoms with Crippen LogP contribution in [-0.4, -0.2) is 4.98 Å². The summed E-state index contributed by atoms with van der Waals surface area (Å²) in [5, 5.41) is 0. The Hall–Kier alpha value is -2.08. The molecule has 2 N–H and O–H groups in total. The molecule has 0 radical (unpaired) electrons. The van der Waals surface area contributed by atoms with Gasteiger partial charge in [-0.05, 0) is 30.2 Å². The Labute approximate surface area is 120 Å². The van der Waals surface area contributed by atoms with Gasteiger partial charge in [-0.15, -0.1) is 0 Å². The number of halogens is 3. The molecule has 112 valence electrons. The van der Waals surface area contributed by atoms with E-state index in [1.165, 1.54) is 6.07 Å². The standard InChI is InChI=1S/C15H15F3N2O/c1-2-10-3-6-12(7-4-10)21-14-11(9-19)5-8-13(20-14)15(16,17)18/h3-8H,2,9,19H2,1H3. The molecule has 6 heteroatoms. The summed E-state index contributed by atoms with van der Waals surface area (Å²) >= 11 is 0. The Balaban J connectivity index is 2.32. The molecule has 0 saturated carbocycles. The summed E-state index contributed by atoms with van der Waals surface area (Å²) in [6.07, 6.45) is -3.65. The van der Waals surface area contributed by atoms with Crippen LogP contribution in [0.1, 0.15) is 23.7 Å². The molecular weight excluding hydrogens is 281 g/mol. The first-order chi connectivity index (χ1) is 9.94. The highest BCUT2D eigenvalue weighted by molar-refractivity contribution is 5.35. The van der Waals surface area contributed by atoms with Gasteiger partial charge in [0.2, 0.25) is 5.88 Å². The lowest BCUT2D eigenvalue weighted by Gasteiger charge is -2.12. The van der Waals surface area contributed by atoms with E-state index < -0.39 is 11.9 Å². The van der Waals surface area contributed by atoms with Crippen LogP contribution in [0.15, 0.2) is 36.4 Å². The molecule has 2 rings (SSSR count). The number of nitrogens with zero attached hydrogens (tertiary/aromatic N) is 1. The van der Waals surface area contributed by atoms with Crippen LogP contribution in [0.3, 0.4) is 0 Å². The molecule has 1 aromatic carbocycles. The zero-order chi connectivity index (χ0) is 15.5. The number of pyridine rings is 1. The number of benzene rings is 1. The van der Waals surface area contributed by atoms with Gasteiger partial charge in [0, 0.05) is 12.1 Å². The normalized spacial score (nSPS) is 11.5. The molecule has 0 aliphatic carbocycles. The van der Waals surface area contributed by atoms with E-state index in [2.05, 4.69) is 4.98 Å². The van der Waals surface area contributed by atoms with Gasteiger partial charge in [-0.25, -0.2) is 4.98 Å². The first kappa shape index (κ1) is 15.3. The lowest BCUT2D eigenvalue weighted by molar-refractivity contribution is -0.141. The fraction of sp³-hybridized carbons (Fsp3) is 0.267. The molecule has 0 aliphatic heterocycles. The molecular formula is C15H15F3N2O. The maximum Gasteiger partial charge on any atom is 0.433 e. The third kappa shape index (κ3) is 3.72. The molecule has 0 unspecified atom stereocenters. The summed E-state index contributed by atoms with van der Waals surface area (Å²) in [7, 11) is 0. The Kier molecular flexibility index (Phi) is 4.47. The molecule has 0 amide bonds. The molecule has 0 fully saturated rings. The van der Waals surface area contributed by atoms with Crippen molar-refractivity contribution in [2.45, 2.75) is 26.1 Å². The Bertz CT molecular complexity index is 609. The second kappa shape index (κ2) is 6.13. The number of hydrogen-bond acceptors (Lipinski definition) is 3. The summed E-state index contributed by atoms with van der Waals surface area (Å²) in [4.78, 5) is 3.53. The lowest BCUT2D eigenvalue weighted by atomic mass is 10.2. The van der Waals surface area contributed by atoms with Gasteiger partial charge in [-0.3, -0.25) is 0 Å². The predicted molar refractivity (Wildman–Crippen MR) is 73.0 cm³/mol. The maximum absolute atomic E-state index is 12.7. The van der Waals surface area contributed by atoms with E-state index in [0.717, 1.165) is 18.1 Å². The molecule has 0 saturated heterocycles. The van der Waals surface area contributed by atoms with Crippen LogP contribution in [0.25, 0.3) is 0 Å². The van der Waals surface area contributed by atoms with Gasteiger partial charge in [-0.1, -0.05) is 25.1 Å². The minimum absolute atomic E-state index is 0.0491. The lowest BCUT2D eigenvalue weighted by Crippen LogP contribution is -2.10. The Morgan fingerprint density at radius 3 is 2.29 bits per heavy atom. The number of hydrogen-bond donors (Lipinski definition) is 1. The average Bonchev–Trinajstić information content (AvgIpc) is 2.47. The second-order valence-electron chi connectivity index (χ2n) is 4.46. The number of aryl methyl sites for hydroxylation is 1. The molecule has 0 bridgehead atoms. The average molecular weight is 296 g/mol. The van der Waals surface area contributed by atoms with Gasteiger partial charge in [0.15, 0.2) is 0 Å². The molecule has 1 aromatic heterocycles. The van der Waals surface area contributed by atoms with E-state index in [9.17, 15) is 13.2 Å². The topological polar surface area (TPSA) is 48.1 Å². The molecule has 21 heavy (non-hydrogen) atoms. The number of nitrogens with two attached hydrogens (primary N) is 1. The van der Waals surface area contributed by atoms with Crippen LogP contribution in [0.4, 0.5) is 13.2 Å². The van der Waals surface area contributed by atoms with Crippen molar-refractivity contribution in [2.75, 3.05) is 0 Å². The van der Waals surface area contributed by atoms with Gasteiger partial charge in [-0.2, -0.15) is 13.2 Å². The minimum atomic E-state index is -4.52. The minimum Gasteiger partial charge on any atom is -0.439 e. The Morgan fingerprint density at radius 1 is 1.10 bits per heavy atom. The van der Waals surface area contributed by atoms with Crippen LogP contribution in [-0.2, 0) is 19.1 Å². The third-order valence-corrected chi connectivity index (χ3v) is 3.00. The molecule has 0 spiro atoms. The van der Waals surface area contributed by atoms with E-state index in [0.29, 0.717) is 11.3 Å². The fourth-order valence-corrected chi connectivity index (χ4v) is 1.78. The molecule has 1 heterocycles. The smallest absolute Gasteiger partial charge is 0.433 e.